The van der Waals surface area contributed by atoms with Gasteiger partial charge >= 0.3 is 0 Å². The summed E-state index contributed by atoms with van der Waals surface area (Å²) in [5, 5.41) is 1.07. The highest BCUT2D eigenvalue weighted by Crippen LogP contribution is 2.31. The molecular weight excluding hydrogens is 378 g/mol. The molecule has 0 aliphatic heterocycles. The van der Waals surface area contributed by atoms with Crippen LogP contribution in [-0.2, 0) is 30.6 Å². The molecule has 0 radical (unpaired) electrons. The molecule has 2 aromatic carbocycles. The normalized spacial score (nSPS) is 12.8. The Hall–Kier alpha value is -2.95. The number of methoxy groups -OCH3 is 1. The Labute approximate surface area is 177 Å². The van der Waals surface area contributed by atoms with Crippen LogP contribution >= 0.6 is 0 Å². The Kier molecular flexibility index (Phi) is 5.98. The zero-order valence-electron chi connectivity index (χ0n) is 18.0. The molecule has 0 fully saturated rings. The summed E-state index contributed by atoms with van der Waals surface area (Å²) in [6, 6.07) is 10.2. The minimum absolute atomic E-state index is 0.0913. The average Bonchev–Trinajstić information content (AvgIpc) is 3.37. The van der Waals surface area contributed by atoms with Crippen LogP contribution in [0.1, 0.15) is 42.5 Å². The lowest BCUT2D eigenvalue weighted by Crippen LogP contribution is -2.31. The van der Waals surface area contributed by atoms with Gasteiger partial charge in [0.2, 0.25) is 5.91 Å². The second kappa shape index (κ2) is 8.82. The number of amides is 1. The van der Waals surface area contributed by atoms with Gasteiger partial charge in [0.05, 0.1) is 26.4 Å². The number of likely N-dealkylation sites (N-methyl/N-ethyl adjacent to an activating group) is 1. The summed E-state index contributed by atoms with van der Waals surface area (Å²) < 4.78 is 16.8. The third-order valence-corrected chi connectivity index (χ3v) is 5.85. The molecule has 0 bridgehead atoms. The van der Waals surface area contributed by atoms with Gasteiger partial charge in [-0.3, -0.25) is 4.79 Å². The van der Waals surface area contributed by atoms with E-state index in [1.54, 1.807) is 13.4 Å². The molecule has 0 unspecified atom stereocenters. The fourth-order valence-corrected chi connectivity index (χ4v) is 4.24. The molecule has 1 heterocycles. The van der Waals surface area contributed by atoms with Gasteiger partial charge in [0, 0.05) is 24.0 Å². The summed E-state index contributed by atoms with van der Waals surface area (Å²) in [5.74, 6) is 1.50. The highest BCUT2D eigenvalue weighted by molar-refractivity contribution is 5.88. The maximum Gasteiger partial charge on any atom is 0.227 e. The van der Waals surface area contributed by atoms with Gasteiger partial charge in [0.1, 0.15) is 5.58 Å². The molecule has 5 heteroatoms. The fourth-order valence-electron chi connectivity index (χ4n) is 4.24. The van der Waals surface area contributed by atoms with Gasteiger partial charge in [-0.1, -0.05) is 6.07 Å². The van der Waals surface area contributed by atoms with E-state index >= 15 is 0 Å². The van der Waals surface area contributed by atoms with Crippen LogP contribution in [-0.4, -0.2) is 31.1 Å². The number of fused-ring (bicyclic) bond motifs is 2. The van der Waals surface area contributed by atoms with E-state index in [1.165, 1.54) is 17.5 Å². The van der Waals surface area contributed by atoms with E-state index < -0.39 is 0 Å². The first-order valence-electron chi connectivity index (χ1n) is 10.7. The third kappa shape index (κ3) is 4.02. The van der Waals surface area contributed by atoms with Crippen molar-refractivity contribution in [3.63, 3.8) is 0 Å². The summed E-state index contributed by atoms with van der Waals surface area (Å²) in [4.78, 5) is 14.9. The minimum Gasteiger partial charge on any atom is -0.493 e. The van der Waals surface area contributed by atoms with Crippen LogP contribution in [0.2, 0.25) is 0 Å². The largest absolute Gasteiger partial charge is 0.493 e. The Morgan fingerprint density at radius 2 is 1.90 bits per heavy atom. The number of aryl methyl sites for hydroxylation is 2. The summed E-state index contributed by atoms with van der Waals surface area (Å²) >= 11 is 0. The summed E-state index contributed by atoms with van der Waals surface area (Å²) in [5.41, 5.74) is 5.64. The van der Waals surface area contributed by atoms with Crippen molar-refractivity contribution < 1.29 is 18.7 Å². The molecular formula is C25H29NO4. The van der Waals surface area contributed by atoms with Crippen LogP contribution in [0.25, 0.3) is 11.0 Å². The number of rotatable bonds is 8. The predicted octanol–water partition coefficient (Wildman–Crippen LogP) is 4.92. The molecule has 3 aromatic rings. The van der Waals surface area contributed by atoms with Gasteiger partial charge in [-0.25, -0.2) is 0 Å². The molecule has 1 aliphatic rings. The van der Waals surface area contributed by atoms with E-state index in [1.807, 2.05) is 36.9 Å². The number of carbonyl (C=O) groups excluding carboxylic acids is 1. The number of carbonyl (C=O) groups is 1. The lowest BCUT2D eigenvalue weighted by molar-refractivity contribution is -0.130. The highest BCUT2D eigenvalue weighted by atomic mass is 16.5. The Balaban J connectivity index is 1.50. The number of nitrogens with zero attached hydrogens (tertiary/aromatic N) is 1. The number of benzene rings is 2. The van der Waals surface area contributed by atoms with Crippen LogP contribution < -0.4 is 9.47 Å². The average molecular weight is 408 g/mol. The molecule has 5 nitrogen and oxygen atoms in total. The van der Waals surface area contributed by atoms with Gasteiger partial charge in [0.15, 0.2) is 11.5 Å². The summed E-state index contributed by atoms with van der Waals surface area (Å²) in [6.07, 6.45) is 5.52. The van der Waals surface area contributed by atoms with E-state index in [-0.39, 0.29) is 5.91 Å². The van der Waals surface area contributed by atoms with Gasteiger partial charge in [-0.05, 0) is 74.1 Å². The zero-order chi connectivity index (χ0) is 21.1. The first-order chi connectivity index (χ1) is 14.6. The van der Waals surface area contributed by atoms with Crippen molar-refractivity contribution in [3.8, 4) is 11.5 Å². The van der Waals surface area contributed by atoms with Gasteiger partial charge in [-0.15, -0.1) is 0 Å². The van der Waals surface area contributed by atoms with Crippen molar-refractivity contribution in [2.45, 2.75) is 46.1 Å². The molecule has 1 amide bonds. The van der Waals surface area contributed by atoms with E-state index in [4.69, 9.17) is 13.9 Å². The lowest BCUT2D eigenvalue weighted by Gasteiger charge is -2.21. The first kappa shape index (κ1) is 20.3. The van der Waals surface area contributed by atoms with Gasteiger partial charge in [0.25, 0.3) is 0 Å². The highest BCUT2D eigenvalue weighted by Gasteiger charge is 2.19. The van der Waals surface area contributed by atoms with Crippen molar-refractivity contribution >= 4 is 16.9 Å². The first-order valence-corrected chi connectivity index (χ1v) is 10.7. The predicted molar refractivity (Wildman–Crippen MR) is 117 cm³/mol. The summed E-state index contributed by atoms with van der Waals surface area (Å²) in [7, 11) is 1.63. The van der Waals surface area contributed by atoms with Crippen LogP contribution in [0.4, 0.5) is 0 Å². The minimum atomic E-state index is 0.0913. The number of hydrogen-bond donors (Lipinski definition) is 0. The Bertz CT molecular complexity index is 1050. The van der Waals surface area contributed by atoms with Crippen molar-refractivity contribution in [1.29, 1.82) is 0 Å². The number of furan rings is 1. The van der Waals surface area contributed by atoms with Crippen molar-refractivity contribution in [3.05, 3.63) is 58.8 Å². The quantitative estimate of drug-likeness (QED) is 0.532. The van der Waals surface area contributed by atoms with Crippen molar-refractivity contribution in [1.82, 2.24) is 4.90 Å². The van der Waals surface area contributed by atoms with Crippen LogP contribution in [0.3, 0.4) is 0 Å². The third-order valence-electron chi connectivity index (χ3n) is 5.85. The van der Waals surface area contributed by atoms with E-state index in [0.717, 1.165) is 40.7 Å². The fraction of sp³-hybridized carbons (Fsp3) is 0.400. The monoisotopic (exact) mass is 407 g/mol. The molecule has 1 aliphatic carbocycles. The summed E-state index contributed by atoms with van der Waals surface area (Å²) in [6.45, 7) is 5.70. The van der Waals surface area contributed by atoms with Crippen molar-refractivity contribution in [2.24, 2.45) is 0 Å². The molecule has 0 atom stereocenters. The Morgan fingerprint density at radius 1 is 1.10 bits per heavy atom. The lowest BCUT2D eigenvalue weighted by atomic mass is 10.0. The molecule has 4 rings (SSSR count). The van der Waals surface area contributed by atoms with Gasteiger partial charge < -0.3 is 18.8 Å². The van der Waals surface area contributed by atoms with E-state index in [2.05, 4.69) is 12.1 Å². The number of ether oxygens (including phenoxy) is 2. The van der Waals surface area contributed by atoms with Gasteiger partial charge in [-0.2, -0.15) is 0 Å². The maximum absolute atomic E-state index is 13.1. The maximum atomic E-state index is 13.1. The van der Waals surface area contributed by atoms with Crippen LogP contribution in [0.5, 0.6) is 11.5 Å². The van der Waals surface area contributed by atoms with E-state index in [9.17, 15) is 4.79 Å². The zero-order valence-corrected chi connectivity index (χ0v) is 18.0. The standard InChI is InChI=1S/C25H29NO4/c1-4-26(15-17-9-10-22(29-5-2)24(11-17)28-3)25(27)14-20-16-30-23-13-19-8-6-7-18(19)12-21(20)23/h9-13,16H,4-8,14-15H2,1-3H3. The molecule has 158 valence electrons. The second-order valence-corrected chi connectivity index (χ2v) is 7.73. The molecule has 0 N–H and O–H groups in total. The second-order valence-electron chi connectivity index (χ2n) is 7.73. The smallest absolute Gasteiger partial charge is 0.227 e. The number of hydrogen-bond acceptors (Lipinski definition) is 4. The van der Waals surface area contributed by atoms with Crippen LogP contribution in [0.15, 0.2) is 41.0 Å². The molecule has 1 aromatic heterocycles. The Morgan fingerprint density at radius 3 is 2.63 bits per heavy atom. The van der Waals surface area contributed by atoms with Crippen molar-refractivity contribution in [2.75, 3.05) is 20.3 Å². The molecule has 0 saturated carbocycles. The molecule has 30 heavy (non-hydrogen) atoms. The topological polar surface area (TPSA) is 51.9 Å². The van der Waals surface area contributed by atoms with Crippen LogP contribution in [0, 0.1) is 0 Å². The van der Waals surface area contributed by atoms with E-state index in [0.29, 0.717) is 31.9 Å². The SMILES string of the molecule is CCOc1ccc(CN(CC)C(=O)Cc2coc3cc4c(cc23)CCC4)cc1OC. The molecule has 0 saturated heterocycles. The molecule has 0 spiro atoms.